The number of piperazine rings is 1. The zero-order chi connectivity index (χ0) is 20.2. The van der Waals surface area contributed by atoms with Gasteiger partial charge in [-0.3, -0.25) is 4.79 Å². The maximum atomic E-state index is 11.6. The van der Waals surface area contributed by atoms with Gasteiger partial charge >= 0.3 is 0 Å². The van der Waals surface area contributed by atoms with Gasteiger partial charge in [0.2, 0.25) is 11.9 Å². The van der Waals surface area contributed by atoms with Crippen LogP contribution in [0.15, 0.2) is 30.3 Å². The number of hydrogen-bond donors (Lipinski definition) is 1. The lowest BCUT2D eigenvalue weighted by Crippen LogP contribution is -2.48. The van der Waals surface area contributed by atoms with E-state index in [0.717, 1.165) is 62.3 Å². The van der Waals surface area contributed by atoms with Gasteiger partial charge in [-0.2, -0.15) is 4.98 Å². The lowest BCUT2D eigenvalue weighted by molar-refractivity contribution is -0.129. The molecule has 8 heteroatoms. The third-order valence-corrected chi connectivity index (χ3v) is 5.37. The van der Waals surface area contributed by atoms with Crippen molar-refractivity contribution in [1.29, 1.82) is 0 Å². The molecule has 0 saturated carbocycles. The number of amides is 1. The minimum Gasteiger partial charge on any atom is -0.378 e. The molecule has 0 unspecified atom stereocenters. The molecule has 0 radical (unpaired) electrons. The molecule has 0 aliphatic carbocycles. The topological polar surface area (TPSA) is 73.8 Å². The van der Waals surface area contributed by atoms with Crippen LogP contribution in [0.4, 0.5) is 23.1 Å². The van der Waals surface area contributed by atoms with E-state index in [1.54, 1.807) is 6.92 Å². The predicted molar refractivity (Wildman–Crippen MR) is 114 cm³/mol. The fourth-order valence-electron chi connectivity index (χ4n) is 3.78. The average Bonchev–Trinajstić information content (AvgIpc) is 2.74. The number of benzene rings is 1. The highest BCUT2D eigenvalue weighted by Gasteiger charge is 2.21. The van der Waals surface area contributed by atoms with Crippen molar-refractivity contribution < 1.29 is 9.53 Å². The molecule has 2 aromatic rings. The van der Waals surface area contributed by atoms with Crippen molar-refractivity contribution >= 4 is 29.0 Å². The fourth-order valence-corrected chi connectivity index (χ4v) is 3.78. The highest BCUT2D eigenvalue weighted by molar-refractivity contribution is 5.75. The number of para-hydroxylation sites is 2. The molecule has 1 amide bonds. The van der Waals surface area contributed by atoms with Crippen LogP contribution in [0.2, 0.25) is 0 Å². The molecule has 2 fully saturated rings. The first kappa shape index (κ1) is 19.4. The third kappa shape index (κ3) is 4.59. The summed E-state index contributed by atoms with van der Waals surface area (Å²) in [5.41, 5.74) is 3.10. The van der Waals surface area contributed by atoms with E-state index >= 15 is 0 Å². The Hall–Kier alpha value is -2.87. The number of aryl methyl sites for hydroxylation is 1. The molecule has 0 spiro atoms. The summed E-state index contributed by atoms with van der Waals surface area (Å²) in [7, 11) is 0. The largest absolute Gasteiger partial charge is 0.378 e. The molecule has 1 N–H and O–H groups in total. The summed E-state index contributed by atoms with van der Waals surface area (Å²) in [4.78, 5) is 27.3. The summed E-state index contributed by atoms with van der Waals surface area (Å²) in [6.07, 6.45) is 0. The van der Waals surface area contributed by atoms with Gasteiger partial charge in [-0.25, -0.2) is 4.98 Å². The number of aromatic nitrogens is 2. The minimum absolute atomic E-state index is 0.122. The van der Waals surface area contributed by atoms with E-state index in [0.29, 0.717) is 19.0 Å². The van der Waals surface area contributed by atoms with E-state index in [2.05, 4.69) is 38.3 Å². The summed E-state index contributed by atoms with van der Waals surface area (Å²) < 4.78 is 5.49. The van der Waals surface area contributed by atoms with Crippen molar-refractivity contribution in [3.8, 4) is 0 Å². The molecule has 4 rings (SSSR count). The first-order chi connectivity index (χ1) is 14.1. The Morgan fingerprint density at radius 3 is 2.45 bits per heavy atom. The van der Waals surface area contributed by atoms with Crippen LogP contribution < -0.4 is 15.1 Å². The van der Waals surface area contributed by atoms with Crippen LogP contribution in [0.5, 0.6) is 0 Å². The SMILES string of the molecule is CC(=O)N1CCN(c2nc(C)cc(Nc3ccccc3N3CCOCC3)n2)CC1. The Morgan fingerprint density at radius 1 is 1.00 bits per heavy atom. The van der Waals surface area contributed by atoms with E-state index in [1.165, 1.54) is 0 Å². The number of carbonyl (C=O) groups is 1. The molecule has 2 aliphatic heterocycles. The van der Waals surface area contributed by atoms with Crippen molar-refractivity contribution in [2.75, 3.05) is 67.6 Å². The number of ether oxygens (including phenoxy) is 1. The van der Waals surface area contributed by atoms with E-state index in [1.807, 2.05) is 24.0 Å². The summed E-state index contributed by atoms with van der Waals surface area (Å²) in [6.45, 7) is 9.75. The summed E-state index contributed by atoms with van der Waals surface area (Å²) in [5, 5.41) is 3.49. The number of nitrogens with zero attached hydrogens (tertiary/aromatic N) is 5. The predicted octanol–water partition coefficient (Wildman–Crippen LogP) is 2.03. The molecule has 2 aliphatic rings. The lowest BCUT2D eigenvalue weighted by atomic mass is 10.2. The zero-order valence-electron chi connectivity index (χ0n) is 17.1. The first-order valence-corrected chi connectivity index (χ1v) is 10.1. The Bertz CT molecular complexity index is 860. The highest BCUT2D eigenvalue weighted by atomic mass is 16.5. The number of morpholine rings is 1. The Morgan fingerprint density at radius 2 is 1.72 bits per heavy atom. The monoisotopic (exact) mass is 396 g/mol. The van der Waals surface area contributed by atoms with Gasteiger partial charge in [0.25, 0.3) is 0 Å². The Kier molecular flexibility index (Phi) is 5.80. The molecule has 154 valence electrons. The van der Waals surface area contributed by atoms with Crippen LogP contribution >= 0.6 is 0 Å². The van der Waals surface area contributed by atoms with Crippen molar-refractivity contribution in [2.45, 2.75) is 13.8 Å². The van der Waals surface area contributed by atoms with E-state index < -0.39 is 0 Å². The van der Waals surface area contributed by atoms with E-state index in [9.17, 15) is 4.79 Å². The fraction of sp³-hybridized carbons (Fsp3) is 0.476. The number of hydrogen-bond acceptors (Lipinski definition) is 7. The van der Waals surface area contributed by atoms with Crippen LogP contribution in [0.25, 0.3) is 0 Å². The minimum atomic E-state index is 0.122. The van der Waals surface area contributed by atoms with Crippen molar-refractivity contribution in [3.63, 3.8) is 0 Å². The second kappa shape index (κ2) is 8.65. The number of rotatable bonds is 4. The van der Waals surface area contributed by atoms with Crippen LogP contribution in [0.1, 0.15) is 12.6 Å². The van der Waals surface area contributed by atoms with E-state index in [4.69, 9.17) is 9.72 Å². The summed E-state index contributed by atoms with van der Waals surface area (Å²) >= 11 is 0. The molecule has 2 saturated heterocycles. The van der Waals surface area contributed by atoms with Gasteiger partial charge in [-0.15, -0.1) is 0 Å². The van der Waals surface area contributed by atoms with Gasteiger partial charge in [0.05, 0.1) is 24.6 Å². The molecule has 0 bridgehead atoms. The molecule has 1 aromatic carbocycles. The molecular formula is C21H28N6O2. The van der Waals surface area contributed by atoms with Gasteiger partial charge in [0, 0.05) is 58.0 Å². The molecule has 1 aromatic heterocycles. The average molecular weight is 396 g/mol. The smallest absolute Gasteiger partial charge is 0.227 e. The zero-order valence-corrected chi connectivity index (χ0v) is 17.1. The van der Waals surface area contributed by atoms with E-state index in [-0.39, 0.29) is 5.91 Å². The quantitative estimate of drug-likeness (QED) is 0.848. The maximum Gasteiger partial charge on any atom is 0.227 e. The van der Waals surface area contributed by atoms with Gasteiger partial charge in [-0.1, -0.05) is 12.1 Å². The van der Waals surface area contributed by atoms with Gasteiger partial charge in [-0.05, 0) is 19.1 Å². The first-order valence-electron chi connectivity index (χ1n) is 10.1. The van der Waals surface area contributed by atoms with Crippen molar-refractivity contribution in [1.82, 2.24) is 14.9 Å². The van der Waals surface area contributed by atoms with Gasteiger partial charge < -0.3 is 24.8 Å². The Balaban J connectivity index is 1.53. The van der Waals surface area contributed by atoms with Gasteiger partial charge in [0.15, 0.2) is 0 Å². The number of carbonyl (C=O) groups excluding carboxylic acids is 1. The molecular weight excluding hydrogens is 368 g/mol. The number of anilines is 4. The lowest BCUT2D eigenvalue weighted by Gasteiger charge is -2.34. The van der Waals surface area contributed by atoms with Crippen LogP contribution in [-0.4, -0.2) is 73.3 Å². The van der Waals surface area contributed by atoms with Crippen molar-refractivity contribution in [3.05, 3.63) is 36.0 Å². The molecule has 8 nitrogen and oxygen atoms in total. The maximum absolute atomic E-state index is 11.6. The van der Waals surface area contributed by atoms with Crippen LogP contribution in [-0.2, 0) is 9.53 Å². The summed E-state index contributed by atoms with van der Waals surface area (Å²) in [5.74, 6) is 1.61. The normalized spacial score (nSPS) is 17.4. The Labute approximate surface area is 171 Å². The standard InChI is InChI=1S/C21H28N6O2/c1-16-15-20(24-21(22-16)27-9-7-25(8-10-27)17(2)28)23-18-5-3-4-6-19(18)26-11-13-29-14-12-26/h3-6,15H,7-14H2,1-2H3,(H,22,23,24). The van der Waals surface area contributed by atoms with Crippen molar-refractivity contribution in [2.24, 2.45) is 0 Å². The van der Waals surface area contributed by atoms with Crippen LogP contribution in [0.3, 0.4) is 0 Å². The van der Waals surface area contributed by atoms with Crippen LogP contribution in [0, 0.1) is 6.92 Å². The molecule has 29 heavy (non-hydrogen) atoms. The molecule has 3 heterocycles. The number of nitrogens with one attached hydrogen (secondary N) is 1. The highest BCUT2D eigenvalue weighted by Crippen LogP contribution is 2.29. The second-order valence-corrected chi connectivity index (χ2v) is 7.43. The third-order valence-electron chi connectivity index (χ3n) is 5.37. The van der Waals surface area contributed by atoms with Gasteiger partial charge in [0.1, 0.15) is 5.82 Å². The summed E-state index contributed by atoms with van der Waals surface area (Å²) in [6, 6.07) is 10.3. The second-order valence-electron chi connectivity index (χ2n) is 7.43. The molecule has 0 atom stereocenters.